The van der Waals surface area contributed by atoms with Crippen molar-refractivity contribution in [2.45, 2.75) is 15.2 Å². The zero-order valence-electron chi connectivity index (χ0n) is 10.9. The average Bonchev–Trinajstić information content (AvgIpc) is 2.46. The molecule has 4 N–H and O–H groups in total. The van der Waals surface area contributed by atoms with Gasteiger partial charge in [-0.15, -0.1) is 0 Å². The van der Waals surface area contributed by atoms with Gasteiger partial charge < -0.3 is 5.73 Å². The van der Waals surface area contributed by atoms with Gasteiger partial charge in [-0.2, -0.15) is 0 Å². The maximum atomic E-state index is 12.3. The number of sulfonamides is 1. The van der Waals surface area contributed by atoms with E-state index in [4.69, 9.17) is 10.9 Å². The van der Waals surface area contributed by atoms with Crippen LogP contribution in [0, 0.1) is 0 Å². The lowest BCUT2D eigenvalue weighted by Gasteiger charge is -2.13. The second-order valence-electron chi connectivity index (χ2n) is 4.39. The Morgan fingerprint density at radius 3 is 1.76 bits per heavy atom. The van der Waals surface area contributed by atoms with Crippen molar-refractivity contribution >= 4 is 19.9 Å². The molecule has 21 heavy (non-hydrogen) atoms. The standard InChI is InChI=1S/C13H14N2O4S2/c14-13(20(16,17)11-4-2-1-3-5-11)10-6-8-12(9-7-10)21(15,18)19/h1-9,13H,14H2,(H2,15,18,19). The molecule has 2 rings (SSSR count). The minimum atomic E-state index is -3.82. The van der Waals surface area contributed by atoms with Crippen molar-refractivity contribution in [2.75, 3.05) is 0 Å². The smallest absolute Gasteiger partial charge is 0.238 e. The normalized spacial score (nSPS) is 13.8. The highest BCUT2D eigenvalue weighted by molar-refractivity contribution is 7.91. The summed E-state index contributed by atoms with van der Waals surface area (Å²) in [6.45, 7) is 0. The Morgan fingerprint density at radius 1 is 0.762 bits per heavy atom. The molecule has 0 saturated carbocycles. The molecule has 0 radical (unpaired) electrons. The average molecular weight is 326 g/mol. The maximum absolute atomic E-state index is 12.3. The van der Waals surface area contributed by atoms with Crippen molar-refractivity contribution in [1.29, 1.82) is 0 Å². The largest absolute Gasteiger partial charge is 0.311 e. The molecule has 6 nitrogen and oxygen atoms in total. The summed E-state index contributed by atoms with van der Waals surface area (Å²) in [6, 6.07) is 12.9. The van der Waals surface area contributed by atoms with E-state index in [0.29, 0.717) is 0 Å². The Morgan fingerprint density at radius 2 is 1.29 bits per heavy atom. The van der Waals surface area contributed by atoms with E-state index < -0.39 is 25.2 Å². The van der Waals surface area contributed by atoms with Gasteiger partial charge in [-0.25, -0.2) is 22.0 Å². The van der Waals surface area contributed by atoms with Crippen LogP contribution in [0.1, 0.15) is 10.9 Å². The Kier molecular flexibility index (Phi) is 4.15. The summed E-state index contributed by atoms with van der Waals surface area (Å²) < 4.78 is 47.0. The van der Waals surface area contributed by atoms with E-state index in [1.54, 1.807) is 18.2 Å². The summed E-state index contributed by atoms with van der Waals surface area (Å²) in [5.41, 5.74) is 6.08. The van der Waals surface area contributed by atoms with Crippen molar-refractivity contribution in [2.24, 2.45) is 10.9 Å². The third-order valence-corrected chi connectivity index (χ3v) is 5.74. The Hall–Kier alpha value is -1.74. The number of hydrogen-bond acceptors (Lipinski definition) is 5. The Labute approximate surface area is 123 Å². The lowest BCUT2D eigenvalue weighted by Crippen LogP contribution is -2.22. The number of rotatable bonds is 4. The van der Waals surface area contributed by atoms with Gasteiger partial charge in [0, 0.05) is 0 Å². The van der Waals surface area contributed by atoms with Crippen molar-refractivity contribution in [3.8, 4) is 0 Å². The van der Waals surface area contributed by atoms with Crippen LogP contribution < -0.4 is 10.9 Å². The zero-order chi connectivity index (χ0) is 15.7. The maximum Gasteiger partial charge on any atom is 0.238 e. The fraction of sp³-hybridized carbons (Fsp3) is 0.0769. The SMILES string of the molecule is NC(c1ccc(S(N)(=O)=O)cc1)S(=O)(=O)c1ccccc1. The molecule has 0 saturated heterocycles. The van der Waals surface area contributed by atoms with Crippen LogP contribution in [0.5, 0.6) is 0 Å². The molecule has 0 aliphatic rings. The number of benzene rings is 2. The van der Waals surface area contributed by atoms with Gasteiger partial charge in [-0.3, -0.25) is 0 Å². The zero-order valence-corrected chi connectivity index (χ0v) is 12.5. The monoisotopic (exact) mass is 326 g/mol. The number of hydrogen-bond donors (Lipinski definition) is 2. The van der Waals surface area contributed by atoms with E-state index in [9.17, 15) is 16.8 Å². The summed E-state index contributed by atoms with van der Waals surface area (Å²) in [4.78, 5) is 0.00332. The number of primary sulfonamides is 1. The van der Waals surface area contributed by atoms with Crippen LogP contribution in [0.15, 0.2) is 64.4 Å². The minimum Gasteiger partial charge on any atom is -0.311 e. The van der Waals surface area contributed by atoms with Crippen LogP contribution in [-0.2, 0) is 19.9 Å². The van der Waals surface area contributed by atoms with Gasteiger partial charge in [0.05, 0.1) is 9.79 Å². The van der Waals surface area contributed by atoms with E-state index in [0.717, 1.165) is 0 Å². The molecule has 112 valence electrons. The highest BCUT2D eigenvalue weighted by Gasteiger charge is 2.25. The summed E-state index contributed by atoms with van der Waals surface area (Å²) in [6.07, 6.45) is 0. The second kappa shape index (κ2) is 5.57. The topological polar surface area (TPSA) is 120 Å². The third-order valence-electron chi connectivity index (χ3n) is 2.94. The van der Waals surface area contributed by atoms with E-state index >= 15 is 0 Å². The van der Waals surface area contributed by atoms with Gasteiger partial charge in [0.25, 0.3) is 0 Å². The minimum absolute atomic E-state index is 0.101. The van der Waals surface area contributed by atoms with Gasteiger partial charge >= 0.3 is 0 Å². The molecule has 0 bridgehead atoms. The quantitative estimate of drug-likeness (QED) is 0.859. The predicted molar refractivity (Wildman–Crippen MR) is 78.4 cm³/mol. The molecule has 0 aromatic heterocycles. The lowest BCUT2D eigenvalue weighted by atomic mass is 10.2. The van der Waals surface area contributed by atoms with Crippen LogP contribution in [0.4, 0.5) is 0 Å². The lowest BCUT2D eigenvalue weighted by molar-refractivity contribution is 0.583. The second-order valence-corrected chi connectivity index (χ2v) is 8.02. The Bertz CT molecular complexity index is 829. The Balaban J connectivity index is 2.39. The van der Waals surface area contributed by atoms with Gasteiger partial charge in [-0.05, 0) is 29.8 Å². The molecule has 0 aliphatic carbocycles. The van der Waals surface area contributed by atoms with Crippen LogP contribution in [0.2, 0.25) is 0 Å². The molecule has 8 heteroatoms. The first kappa shape index (κ1) is 15.6. The third kappa shape index (κ3) is 3.30. The summed E-state index contributed by atoms with van der Waals surface area (Å²) in [5.74, 6) is 0. The van der Waals surface area contributed by atoms with Gasteiger partial charge in [0.2, 0.25) is 10.0 Å². The molecular weight excluding hydrogens is 312 g/mol. The molecule has 1 atom stereocenters. The predicted octanol–water partition coefficient (Wildman–Crippen LogP) is 0.765. The van der Waals surface area contributed by atoms with Crippen LogP contribution in [-0.4, -0.2) is 16.8 Å². The van der Waals surface area contributed by atoms with E-state index in [2.05, 4.69) is 0 Å². The first-order valence-electron chi connectivity index (χ1n) is 5.90. The molecule has 0 amide bonds. The summed E-state index contributed by atoms with van der Waals surface area (Å²) in [7, 11) is -7.57. The van der Waals surface area contributed by atoms with Crippen molar-refractivity contribution < 1.29 is 16.8 Å². The van der Waals surface area contributed by atoms with Gasteiger partial charge in [0.15, 0.2) is 9.84 Å². The van der Waals surface area contributed by atoms with E-state index in [-0.39, 0.29) is 15.4 Å². The van der Waals surface area contributed by atoms with Crippen molar-refractivity contribution in [3.05, 3.63) is 60.2 Å². The van der Waals surface area contributed by atoms with Crippen LogP contribution in [0.25, 0.3) is 0 Å². The van der Waals surface area contributed by atoms with E-state index in [1.807, 2.05) is 0 Å². The molecule has 2 aromatic carbocycles. The molecule has 1 unspecified atom stereocenters. The molecular formula is C13H14N2O4S2. The molecule has 2 aromatic rings. The molecule has 0 fully saturated rings. The fourth-order valence-electron chi connectivity index (χ4n) is 1.78. The van der Waals surface area contributed by atoms with Crippen LogP contribution >= 0.6 is 0 Å². The highest BCUT2D eigenvalue weighted by atomic mass is 32.2. The first-order chi connectivity index (χ1) is 9.73. The fourth-order valence-corrected chi connectivity index (χ4v) is 3.64. The number of sulfone groups is 1. The van der Waals surface area contributed by atoms with Crippen molar-refractivity contribution in [1.82, 2.24) is 0 Å². The molecule has 0 spiro atoms. The highest BCUT2D eigenvalue weighted by Crippen LogP contribution is 2.25. The van der Waals surface area contributed by atoms with Crippen molar-refractivity contribution in [3.63, 3.8) is 0 Å². The molecule has 0 aliphatic heterocycles. The van der Waals surface area contributed by atoms with E-state index in [1.165, 1.54) is 36.4 Å². The van der Waals surface area contributed by atoms with Crippen LogP contribution in [0.3, 0.4) is 0 Å². The summed E-state index contributed by atoms with van der Waals surface area (Å²) in [5, 5.41) is 3.70. The molecule has 0 heterocycles. The van der Waals surface area contributed by atoms with Gasteiger partial charge in [0.1, 0.15) is 5.37 Å². The first-order valence-corrected chi connectivity index (χ1v) is 8.99. The number of nitrogens with two attached hydrogens (primary N) is 2. The summed E-state index contributed by atoms with van der Waals surface area (Å²) >= 11 is 0. The van der Waals surface area contributed by atoms with Gasteiger partial charge in [-0.1, -0.05) is 30.3 Å².